The van der Waals surface area contributed by atoms with Crippen molar-refractivity contribution in [2.75, 3.05) is 12.0 Å². The van der Waals surface area contributed by atoms with Crippen LogP contribution >= 0.6 is 0 Å². The van der Waals surface area contributed by atoms with Gasteiger partial charge in [-0.2, -0.15) is 0 Å². The molecule has 3 nitrogen and oxygen atoms in total. The van der Waals surface area contributed by atoms with Gasteiger partial charge in [0, 0.05) is 18.2 Å². The van der Waals surface area contributed by atoms with Crippen molar-refractivity contribution in [1.82, 2.24) is 0 Å². The Labute approximate surface area is 113 Å². The Balaban J connectivity index is 2.09. The fourth-order valence-corrected chi connectivity index (χ4v) is 2.67. The highest BCUT2D eigenvalue weighted by Crippen LogP contribution is 2.17. The number of carbonyl (C=O) groups is 1. The van der Waals surface area contributed by atoms with Crippen LogP contribution in [0.2, 0.25) is 0 Å². The van der Waals surface area contributed by atoms with Crippen molar-refractivity contribution in [3.63, 3.8) is 0 Å². The van der Waals surface area contributed by atoms with E-state index in [0.29, 0.717) is 12.0 Å². The third-order valence-corrected chi connectivity index (χ3v) is 4.02. The predicted molar refractivity (Wildman–Crippen MR) is 77.2 cm³/mol. The first kappa shape index (κ1) is 13.7. The second-order valence-electron chi connectivity index (χ2n) is 4.72. The minimum absolute atomic E-state index is 0.00518. The van der Waals surface area contributed by atoms with Crippen molar-refractivity contribution >= 4 is 26.4 Å². The maximum atomic E-state index is 12.0. The van der Waals surface area contributed by atoms with Crippen molar-refractivity contribution in [1.29, 1.82) is 0 Å². The Morgan fingerprint density at radius 3 is 2.42 bits per heavy atom. The molecular weight excluding hydrogens is 260 g/mol. The number of benzene rings is 2. The highest BCUT2D eigenvalue weighted by molar-refractivity contribution is 7.90. The molecule has 2 aromatic rings. The molecule has 0 saturated carbocycles. The highest BCUT2D eigenvalue weighted by atomic mass is 32.2. The molecular formula is C15H16O3S. The van der Waals surface area contributed by atoms with Crippen LogP contribution in [-0.4, -0.2) is 26.2 Å². The van der Waals surface area contributed by atoms with E-state index < -0.39 is 9.84 Å². The van der Waals surface area contributed by atoms with Gasteiger partial charge >= 0.3 is 0 Å². The third-order valence-electron chi connectivity index (χ3n) is 2.99. The Hall–Kier alpha value is -1.68. The molecule has 0 saturated heterocycles. The summed E-state index contributed by atoms with van der Waals surface area (Å²) in [5.41, 5.74) is 0.646. The molecule has 4 heteroatoms. The molecule has 0 aromatic heterocycles. The van der Waals surface area contributed by atoms with Crippen LogP contribution in [0.3, 0.4) is 0 Å². The minimum Gasteiger partial charge on any atom is -0.294 e. The maximum Gasteiger partial charge on any atom is 0.162 e. The standard InChI is InChI=1S/C15H16O3S/c1-19(17,18)10-4-7-15(16)14-9-8-12-5-2-3-6-13(12)11-14/h2-3,5-6,8-9,11H,4,7,10H2,1H3. The zero-order chi connectivity index (χ0) is 13.9. The third kappa shape index (κ3) is 3.89. The summed E-state index contributed by atoms with van der Waals surface area (Å²) in [7, 11) is -2.99. The van der Waals surface area contributed by atoms with Gasteiger partial charge in [-0.1, -0.05) is 36.4 Å². The summed E-state index contributed by atoms with van der Waals surface area (Å²) in [6.45, 7) is 0. The molecule has 0 aliphatic rings. The molecule has 19 heavy (non-hydrogen) atoms. The van der Waals surface area contributed by atoms with Gasteiger partial charge in [0.25, 0.3) is 0 Å². The van der Waals surface area contributed by atoms with Gasteiger partial charge in [0.2, 0.25) is 0 Å². The van der Waals surface area contributed by atoms with Crippen LogP contribution in [0.4, 0.5) is 0 Å². The molecule has 100 valence electrons. The van der Waals surface area contributed by atoms with E-state index in [1.54, 1.807) is 6.07 Å². The summed E-state index contributed by atoms with van der Waals surface area (Å²) in [5, 5.41) is 2.12. The van der Waals surface area contributed by atoms with Gasteiger partial charge in [-0.15, -0.1) is 0 Å². The SMILES string of the molecule is CS(=O)(=O)CCCC(=O)c1ccc2ccccc2c1. The second-order valence-corrected chi connectivity index (χ2v) is 6.98. The van der Waals surface area contributed by atoms with Gasteiger partial charge in [-0.3, -0.25) is 4.79 Å². The van der Waals surface area contributed by atoms with Gasteiger partial charge in [0.1, 0.15) is 9.84 Å². The van der Waals surface area contributed by atoms with E-state index in [4.69, 9.17) is 0 Å². The summed E-state index contributed by atoms with van der Waals surface area (Å²) in [6, 6.07) is 13.4. The Morgan fingerprint density at radius 2 is 1.74 bits per heavy atom. The molecule has 0 fully saturated rings. The van der Waals surface area contributed by atoms with Crippen molar-refractivity contribution in [2.24, 2.45) is 0 Å². The van der Waals surface area contributed by atoms with E-state index >= 15 is 0 Å². The first-order valence-electron chi connectivity index (χ1n) is 6.15. The molecule has 0 bridgehead atoms. The first-order chi connectivity index (χ1) is 8.96. The molecule has 0 atom stereocenters. The van der Waals surface area contributed by atoms with Crippen LogP contribution in [0.25, 0.3) is 10.8 Å². The van der Waals surface area contributed by atoms with Crippen molar-refractivity contribution in [2.45, 2.75) is 12.8 Å². The predicted octanol–water partition coefficient (Wildman–Crippen LogP) is 2.85. The number of hydrogen-bond acceptors (Lipinski definition) is 3. The summed E-state index contributed by atoms with van der Waals surface area (Å²) >= 11 is 0. The first-order valence-corrected chi connectivity index (χ1v) is 8.21. The number of ketones is 1. The van der Waals surface area contributed by atoms with Gasteiger partial charge < -0.3 is 0 Å². The van der Waals surface area contributed by atoms with Crippen LogP contribution < -0.4 is 0 Å². The molecule has 0 aliphatic heterocycles. The Kier molecular flexibility index (Phi) is 4.00. The van der Waals surface area contributed by atoms with Gasteiger partial charge in [-0.05, 0) is 23.3 Å². The molecule has 0 aliphatic carbocycles. The second kappa shape index (κ2) is 5.53. The number of rotatable bonds is 5. The lowest BCUT2D eigenvalue weighted by molar-refractivity contribution is 0.0982. The molecule has 0 heterocycles. The van der Waals surface area contributed by atoms with Crippen LogP contribution in [0.1, 0.15) is 23.2 Å². The van der Waals surface area contributed by atoms with E-state index in [-0.39, 0.29) is 18.0 Å². The zero-order valence-corrected chi connectivity index (χ0v) is 11.6. The highest BCUT2D eigenvalue weighted by Gasteiger charge is 2.09. The maximum absolute atomic E-state index is 12.0. The van der Waals surface area contributed by atoms with Crippen LogP contribution in [0.15, 0.2) is 42.5 Å². The summed E-state index contributed by atoms with van der Waals surface area (Å²) < 4.78 is 22.0. The van der Waals surface area contributed by atoms with E-state index in [9.17, 15) is 13.2 Å². The van der Waals surface area contributed by atoms with E-state index in [2.05, 4.69) is 0 Å². The van der Waals surface area contributed by atoms with Gasteiger partial charge in [-0.25, -0.2) is 8.42 Å². The van der Waals surface area contributed by atoms with Crippen molar-refractivity contribution in [3.05, 3.63) is 48.0 Å². The summed E-state index contributed by atoms with van der Waals surface area (Å²) in [6.07, 6.45) is 1.84. The largest absolute Gasteiger partial charge is 0.294 e. The normalized spacial score (nSPS) is 11.6. The van der Waals surface area contributed by atoms with E-state index in [1.165, 1.54) is 6.26 Å². The smallest absolute Gasteiger partial charge is 0.162 e. The lowest BCUT2D eigenvalue weighted by atomic mass is 10.0. The number of Topliss-reactive ketones (excluding diaryl/α,β-unsaturated/α-hetero) is 1. The summed E-state index contributed by atoms with van der Waals surface area (Å²) in [5.74, 6) is 0.0566. The molecule has 2 rings (SSSR count). The monoisotopic (exact) mass is 276 g/mol. The zero-order valence-electron chi connectivity index (χ0n) is 10.8. The topological polar surface area (TPSA) is 51.2 Å². The molecule has 0 spiro atoms. The van der Waals surface area contributed by atoms with E-state index in [0.717, 1.165) is 10.8 Å². The number of fused-ring (bicyclic) bond motifs is 1. The molecule has 0 N–H and O–H groups in total. The fourth-order valence-electron chi connectivity index (χ4n) is 2.00. The van der Waals surface area contributed by atoms with Gasteiger partial charge in [0.15, 0.2) is 5.78 Å². The molecule has 2 aromatic carbocycles. The quantitative estimate of drug-likeness (QED) is 0.789. The van der Waals surface area contributed by atoms with E-state index in [1.807, 2.05) is 36.4 Å². The van der Waals surface area contributed by atoms with Crippen LogP contribution in [0, 0.1) is 0 Å². The van der Waals surface area contributed by atoms with Crippen LogP contribution in [-0.2, 0) is 9.84 Å². The number of carbonyl (C=O) groups excluding carboxylic acids is 1. The lowest BCUT2D eigenvalue weighted by Crippen LogP contribution is -2.06. The van der Waals surface area contributed by atoms with Gasteiger partial charge in [0.05, 0.1) is 5.75 Å². The van der Waals surface area contributed by atoms with Crippen molar-refractivity contribution in [3.8, 4) is 0 Å². The van der Waals surface area contributed by atoms with Crippen LogP contribution in [0.5, 0.6) is 0 Å². The molecule has 0 amide bonds. The number of sulfone groups is 1. The van der Waals surface area contributed by atoms with Crippen molar-refractivity contribution < 1.29 is 13.2 Å². The lowest BCUT2D eigenvalue weighted by Gasteiger charge is -2.03. The minimum atomic E-state index is -2.99. The summed E-state index contributed by atoms with van der Waals surface area (Å²) in [4.78, 5) is 12.0. The number of hydrogen-bond donors (Lipinski definition) is 0. The molecule has 0 unspecified atom stereocenters. The molecule has 0 radical (unpaired) electrons. The average molecular weight is 276 g/mol. The average Bonchev–Trinajstić information content (AvgIpc) is 2.36. The Morgan fingerprint density at radius 1 is 1.05 bits per heavy atom. The Bertz CT molecular complexity index is 702. The fraction of sp³-hybridized carbons (Fsp3) is 0.267.